The summed E-state index contributed by atoms with van der Waals surface area (Å²) in [4.78, 5) is 21.1. The van der Waals surface area contributed by atoms with Crippen molar-refractivity contribution in [1.29, 1.82) is 0 Å². The summed E-state index contributed by atoms with van der Waals surface area (Å²) in [6.07, 6.45) is 1.04. The van der Waals surface area contributed by atoms with Crippen LogP contribution in [0, 0.1) is 17.8 Å². The standard InChI is InChI=1S/C13H18O2.C6H13NO/c1-9(2)8-11-4-6-12(7-5-11)10(3)13(14)15;1-4(2)5(3)6(7)8/h4-7,9-10H,8H2,1-3H3,(H,14,15);4-5H,1-3H3,(H2,7,8). The van der Waals surface area contributed by atoms with Gasteiger partial charge in [0, 0.05) is 5.92 Å². The van der Waals surface area contributed by atoms with Gasteiger partial charge in [-0.2, -0.15) is 0 Å². The fourth-order valence-corrected chi connectivity index (χ4v) is 1.88. The van der Waals surface area contributed by atoms with Crippen molar-refractivity contribution in [3.63, 3.8) is 0 Å². The van der Waals surface area contributed by atoms with Crippen LogP contribution in [0.2, 0.25) is 0 Å². The maximum atomic E-state index is 10.8. The number of hydrogen-bond donors (Lipinski definition) is 2. The van der Waals surface area contributed by atoms with Crippen LogP contribution in [0.4, 0.5) is 0 Å². The van der Waals surface area contributed by atoms with E-state index in [1.807, 2.05) is 45.0 Å². The van der Waals surface area contributed by atoms with Crippen LogP contribution >= 0.6 is 0 Å². The summed E-state index contributed by atoms with van der Waals surface area (Å²) in [6, 6.07) is 7.87. The molecule has 0 aromatic heterocycles. The van der Waals surface area contributed by atoms with Gasteiger partial charge in [0.25, 0.3) is 0 Å². The normalized spacial score (nSPS) is 13.2. The van der Waals surface area contributed by atoms with Gasteiger partial charge in [-0.25, -0.2) is 0 Å². The van der Waals surface area contributed by atoms with Gasteiger partial charge in [0.1, 0.15) is 0 Å². The zero-order valence-electron chi connectivity index (χ0n) is 15.2. The van der Waals surface area contributed by atoms with E-state index < -0.39 is 11.9 Å². The minimum Gasteiger partial charge on any atom is -0.481 e. The number of carbonyl (C=O) groups excluding carboxylic acids is 1. The van der Waals surface area contributed by atoms with E-state index in [1.54, 1.807) is 6.92 Å². The third-order valence-electron chi connectivity index (χ3n) is 3.94. The first-order valence-corrected chi connectivity index (χ1v) is 8.17. The van der Waals surface area contributed by atoms with Crippen molar-refractivity contribution in [2.45, 2.75) is 53.9 Å². The van der Waals surface area contributed by atoms with E-state index in [1.165, 1.54) is 5.56 Å². The summed E-state index contributed by atoms with van der Waals surface area (Å²) >= 11 is 0. The number of carboxylic acid groups (broad SMARTS) is 1. The van der Waals surface area contributed by atoms with Crippen molar-refractivity contribution in [3.05, 3.63) is 35.4 Å². The van der Waals surface area contributed by atoms with E-state index in [2.05, 4.69) is 13.8 Å². The highest BCUT2D eigenvalue weighted by Crippen LogP contribution is 2.17. The molecule has 0 heterocycles. The van der Waals surface area contributed by atoms with E-state index >= 15 is 0 Å². The zero-order valence-corrected chi connectivity index (χ0v) is 15.2. The Hall–Kier alpha value is -1.84. The third kappa shape index (κ3) is 8.38. The predicted molar refractivity (Wildman–Crippen MR) is 94.2 cm³/mol. The van der Waals surface area contributed by atoms with Gasteiger partial charge < -0.3 is 10.8 Å². The quantitative estimate of drug-likeness (QED) is 0.835. The van der Waals surface area contributed by atoms with Crippen molar-refractivity contribution in [1.82, 2.24) is 0 Å². The van der Waals surface area contributed by atoms with Crippen LogP contribution in [-0.2, 0) is 16.0 Å². The molecule has 1 rings (SSSR count). The summed E-state index contributed by atoms with van der Waals surface area (Å²) in [5.41, 5.74) is 7.14. The van der Waals surface area contributed by atoms with Gasteiger partial charge >= 0.3 is 5.97 Å². The number of rotatable bonds is 6. The second-order valence-corrected chi connectivity index (χ2v) is 6.83. The Morgan fingerprint density at radius 1 is 1.00 bits per heavy atom. The predicted octanol–water partition coefficient (Wildman–Crippen LogP) is 3.84. The molecule has 0 aliphatic rings. The van der Waals surface area contributed by atoms with E-state index in [4.69, 9.17) is 10.8 Å². The maximum Gasteiger partial charge on any atom is 0.310 e. The lowest BCUT2D eigenvalue weighted by Gasteiger charge is -2.09. The molecule has 1 aromatic carbocycles. The first-order chi connectivity index (χ1) is 10.6. The monoisotopic (exact) mass is 321 g/mol. The molecule has 130 valence electrons. The molecule has 0 radical (unpaired) electrons. The molecule has 0 spiro atoms. The minimum atomic E-state index is -0.772. The lowest BCUT2D eigenvalue weighted by Crippen LogP contribution is -2.24. The van der Waals surface area contributed by atoms with Crippen molar-refractivity contribution in [3.8, 4) is 0 Å². The number of amides is 1. The Kier molecular flexibility index (Phi) is 9.23. The molecule has 2 atom stereocenters. The summed E-state index contributed by atoms with van der Waals surface area (Å²) in [5, 5.41) is 8.85. The van der Waals surface area contributed by atoms with Crippen molar-refractivity contribution < 1.29 is 14.7 Å². The maximum absolute atomic E-state index is 10.8. The summed E-state index contributed by atoms with van der Waals surface area (Å²) < 4.78 is 0. The average Bonchev–Trinajstić information content (AvgIpc) is 2.46. The molecule has 0 bridgehead atoms. The molecule has 2 unspecified atom stereocenters. The van der Waals surface area contributed by atoms with Gasteiger partial charge in [-0.3, -0.25) is 9.59 Å². The Labute approximate surface area is 140 Å². The first kappa shape index (κ1) is 21.2. The van der Waals surface area contributed by atoms with Crippen LogP contribution < -0.4 is 5.73 Å². The molecule has 0 fully saturated rings. The topological polar surface area (TPSA) is 80.4 Å². The van der Waals surface area contributed by atoms with Gasteiger partial charge in [0.05, 0.1) is 5.92 Å². The zero-order chi connectivity index (χ0) is 18.2. The Bertz CT molecular complexity index is 492. The number of aliphatic carboxylic acids is 1. The van der Waals surface area contributed by atoms with Gasteiger partial charge in [0.15, 0.2) is 0 Å². The molecule has 0 aliphatic heterocycles. The highest BCUT2D eigenvalue weighted by molar-refractivity contribution is 5.76. The Morgan fingerprint density at radius 3 is 1.74 bits per heavy atom. The van der Waals surface area contributed by atoms with Crippen LogP contribution in [-0.4, -0.2) is 17.0 Å². The molecule has 0 aliphatic carbocycles. The number of nitrogens with two attached hydrogens (primary N) is 1. The van der Waals surface area contributed by atoms with Crippen LogP contribution in [0.1, 0.15) is 58.6 Å². The molecule has 0 saturated heterocycles. The van der Waals surface area contributed by atoms with E-state index in [9.17, 15) is 9.59 Å². The number of benzene rings is 1. The van der Waals surface area contributed by atoms with E-state index in [0.717, 1.165) is 12.0 Å². The number of carbonyl (C=O) groups is 2. The average molecular weight is 321 g/mol. The summed E-state index contributed by atoms with van der Waals surface area (Å²) in [6.45, 7) is 11.9. The lowest BCUT2D eigenvalue weighted by molar-refractivity contribution is -0.138. The van der Waals surface area contributed by atoms with Crippen molar-refractivity contribution >= 4 is 11.9 Å². The van der Waals surface area contributed by atoms with Gasteiger partial charge in [0.2, 0.25) is 5.91 Å². The molecule has 1 amide bonds. The second kappa shape index (κ2) is 10.0. The van der Waals surface area contributed by atoms with Gasteiger partial charge in [-0.1, -0.05) is 58.9 Å². The molecule has 23 heavy (non-hydrogen) atoms. The lowest BCUT2D eigenvalue weighted by atomic mass is 9.97. The van der Waals surface area contributed by atoms with Crippen molar-refractivity contribution in [2.75, 3.05) is 0 Å². The molecule has 4 nitrogen and oxygen atoms in total. The first-order valence-electron chi connectivity index (χ1n) is 8.17. The molecule has 4 heteroatoms. The number of primary amides is 1. The number of hydrogen-bond acceptors (Lipinski definition) is 2. The summed E-state index contributed by atoms with van der Waals surface area (Å²) in [7, 11) is 0. The van der Waals surface area contributed by atoms with Gasteiger partial charge in [-0.05, 0) is 36.3 Å². The highest BCUT2D eigenvalue weighted by atomic mass is 16.4. The smallest absolute Gasteiger partial charge is 0.310 e. The molecule has 0 saturated carbocycles. The van der Waals surface area contributed by atoms with Crippen LogP contribution in [0.3, 0.4) is 0 Å². The molecule has 3 N–H and O–H groups in total. The van der Waals surface area contributed by atoms with Crippen molar-refractivity contribution in [2.24, 2.45) is 23.5 Å². The third-order valence-corrected chi connectivity index (χ3v) is 3.94. The molecular weight excluding hydrogens is 290 g/mol. The molecular formula is C19H31NO3. The largest absolute Gasteiger partial charge is 0.481 e. The Balaban J connectivity index is 0.000000515. The van der Waals surface area contributed by atoms with Crippen LogP contribution in [0.25, 0.3) is 0 Å². The molecule has 1 aromatic rings. The van der Waals surface area contributed by atoms with Crippen LogP contribution in [0.5, 0.6) is 0 Å². The van der Waals surface area contributed by atoms with Gasteiger partial charge in [-0.15, -0.1) is 0 Å². The van der Waals surface area contributed by atoms with E-state index in [-0.39, 0.29) is 11.8 Å². The minimum absolute atomic E-state index is 0.00926. The fraction of sp³-hybridized carbons (Fsp3) is 0.579. The number of carboxylic acids is 1. The highest BCUT2D eigenvalue weighted by Gasteiger charge is 2.13. The fourth-order valence-electron chi connectivity index (χ4n) is 1.88. The van der Waals surface area contributed by atoms with Crippen LogP contribution in [0.15, 0.2) is 24.3 Å². The summed E-state index contributed by atoms with van der Waals surface area (Å²) in [5.74, 6) is -0.389. The Morgan fingerprint density at radius 2 is 1.48 bits per heavy atom. The SMILES string of the molecule is CC(C)C(C)C(N)=O.CC(C)Cc1ccc(C(C)C(=O)O)cc1. The second-order valence-electron chi connectivity index (χ2n) is 6.83. The van der Waals surface area contributed by atoms with E-state index in [0.29, 0.717) is 11.8 Å².